The van der Waals surface area contributed by atoms with Crippen LogP contribution in [0.2, 0.25) is 0 Å². The summed E-state index contributed by atoms with van der Waals surface area (Å²) in [4.78, 5) is 25.9. The lowest BCUT2D eigenvalue weighted by Crippen LogP contribution is -2.53. The van der Waals surface area contributed by atoms with Crippen LogP contribution in [0, 0.1) is 5.92 Å². The topological polar surface area (TPSA) is 69.6 Å². The highest BCUT2D eigenvalue weighted by Gasteiger charge is 2.36. The van der Waals surface area contributed by atoms with Gasteiger partial charge in [0.15, 0.2) is 0 Å². The van der Waals surface area contributed by atoms with Crippen molar-refractivity contribution in [2.75, 3.05) is 19.6 Å². The molecule has 0 spiro atoms. The van der Waals surface area contributed by atoms with Gasteiger partial charge >= 0.3 is 5.97 Å². The second-order valence-corrected chi connectivity index (χ2v) is 6.81. The zero-order valence-corrected chi connectivity index (χ0v) is 13.1. The van der Waals surface area contributed by atoms with Crippen molar-refractivity contribution in [1.29, 1.82) is 0 Å². The summed E-state index contributed by atoms with van der Waals surface area (Å²) in [6.45, 7) is 4.90. The van der Waals surface area contributed by atoms with E-state index in [1.54, 1.807) is 0 Å². The molecule has 1 atom stereocenters. The second-order valence-electron chi connectivity index (χ2n) is 6.81. The van der Waals surface area contributed by atoms with E-state index >= 15 is 0 Å². The fraction of sp³-hybridized carbons (Fsp3) is 0.875. The molecule has 21 heavy (non-hydrogen) atoms. The van der Waals surface area contributed by atoms with Crippen LogP contribution in [0.4, 0.5) is 0 Å². The molecule has 120 valence electrons. The number of carbonyl (C=O) groups excluding carboxylic acids is 1. The summed E-state index contributed by atoms with van der Waals surface area (Å²) in [6, 6.07) is 0. The van der Waals surface area contributed by atoms with Gasteiger partial charge in [-0.15, -0.1) is 0 Å². The van der Waals surface area contributed by atoms with Crippen LogP contribution < -0.4 is 5.32 Å². The van der Waals surface area contributed by atoms with E-state index in [0.717, 1.165) is 51.7 Å². The van der Waals surface area contributed by atoms with Crippen molar-refractivity contribution < 1.29 is 14.7 Å². The number of carboxylic acids is 1. The van der Waals surface area contributed by atoms with Crippen LogP contribution in [0.1, 0.15) is 58.3 Å². The summed E-state index contributed by atoms with van der Waals surface area (Å²) in [6.07, 6.45) is 7.23. The van der Waals surface area contributed by atoms with E-state index in [1.807, 2.05) is 6.92 Å². The number of carboxylic acid groups (broad SMARTS) is 1. The van der Waals surface area contributed by atoms with Gasteiger partial charge in [-0.05, 0) is 38.8 Å². The van der Waals surface area contributed by atoms with Crippen molar-refractivity contribution in [2.45, 2.75) is 63.8 Å². The third-order valence-corrected chi connectivity index (χ3v) is 4.87. The van der Waals surface area contributed by atoms with Crippen molar-refractivity contribution in [3.05, 3.63) is 0 Å². The molecule has 5 nitrogen and oxygen atoms in total. The molecule has 0 bridgehead atoms. The Balaban J connectivity index is 1.91. The smallest absolute Gasteiger partial charge is 0.305 e. The molecule has 2 aliphatic rings. The predicted octanol–water partition coefficient (Wildman–Crippen LogP) is 2.01. The number of rotatable bonds is 6. The Bertz CT molecular complexity index is 372. The molecule has 1 aliphatic heterocycles. The summed E-state index contributed by atoms with van der Waals surface area (Å²) in [7, 11) is 0. The first-order chi connectivity index (χ1) is 10.0. The Morgan fingerprint density at radius 2 is 1.76 bits per heavy atom. The molecule has 2 fully saturated rings. The molecule has 0 aromatic rings. The Morgan fingerprint density at radius 1 is 1.14 bits per heavy atom. The first kappa shape index (κ1) is 16.3. The number of amides is 1. The minimum absolute atomic E-state index is 0.0186. The van der Waals surface area contributed by atoms with Crippen LogP contribution in [0.3, 0.4) is 0 Å². The van der Waals surface area contributed by atoms with Crippen molar-refractivity contribution in [1.82, 2.24) is 10.2 Å². The molecule has 1 heterocycles. The maximum atomic E-state index is 12.5. The molecule has 0 unspecified atom stereocenters. The van der Waals surface area contributed by atoms with Crippen LogP contribution in [0.15, 0.2) is 0 Å². The summed E-state index contributed by atoms with van der Waals surface area (Å²) >= 11 is 0. The number of hydrogen-bond acceptors (Lipinski definition) is 3. The van der Waals surface area contributed by atoms with E-state index in [0.29, 0.717) is 0 Å². The zero-order chi connectivity index (χ0) is 15.3. The number of nitrogens with zero attached hydrogens (tertiary/aromatic N) is 1. The van der Waals surface area contributed by atoms with Crippen LogP contribution in [-0.4, -0.2) is 47.1 Å². The lowest BCUT2D eigenvalue weighted by atomic mass is 9.79. The second kappa shape index (κ2) is 7.25. The molecular weight excluding hydrogens is 268 g/mol. The Labute approximate surface area is 127 Å². The minimum Gasteiger partial charge on any atom is -0.481 e. The van der Waals surface area contributed by atoms with Crippen molar-refractivity contribution in [2.24, 2.45) is 5.92 Å². The van der Waals surface area contributed by atoms with Gasteiger partial charge in [0.1, 0.15) is 0 Å². The van der Waals surface area contributed by atoms with Crippen molar-refractivity contribution >= 4 is 11.9 Å². The van der Waals surface area contributed by atoms with Gasteiger partial charge in [-0.3, -0.25) is 9.59 Å². The number of carbonyl (C=O) groups is 2. The first-order valence-electron chi connectivity index (χ1n) is 8.27. The average molecular weight is 296 g/mol. The molecule has 0 aromatic heterocycles. The number of hydrogen-bond donors (Lipinski definition) is 2. The van der Waals surface area contributed by atoms with Gasteiger partial charge in [0.2, 0.25) is 5.91 Å². The summed E-state index contributed by atoms with van der Waals surface area (Å²) < 4.78 is 0. The largest absolute Gasteiger partial charge is 0.481 e. The molecule has 0 radical (unpaired) electrons. The maximum absolute atomic E-state index is 12.5. The average Bonchev–Trinajstić information content (AvgIpc) is 2.91. The minimum atomic E-state index is -0.815. The molecule has 1 saturated carbocycles. The van der Waals surface area contributed by atoms with Gasteiger partial charge in [0.05, 0.1) is 12.0 Å². The predicted molar refractivity (Wildman–Crippen MR) is 81.0 cm³/mol. The molecular formula is C16H28N2O3. The van der Waals surface area contributed by atoms with E-state index in [2.05, 4.69) is 10.2 Å². The van der Waals surface area contributed by atoms with Crippen LogP contribution >= 0.6 is 0 Å². The highest BCUT2D eigenvalue weighted by Crippen LogP contribution is 2.31. The third kappa shape index (κ3) is 4.70. The Hall–Kier alpha value is -1.10. The van der Waals surface area contributed by atoms with Crippen molar-refractivity contribution in [3.8, 4) is 0 Å². The van der Waals surface area contributed by atoms with E-state index < -0.39 is 11.5 Å². The lowest BCUT2D eigenvalue weighted by molar-refractivity contribution is -0.140. The monoisotopic (exact) mass is 296 g/mol. The fourth-order valence-electron chi connectivity index (χ4n) is 3.68. The molecule has 0 aromatic carbocycles. The SMILES string of the molecule is C[C@@H](CN1CCCC1)C(=O)NC1(CC(=O)O)CCCCC1. The Kier molecular flexibility index (Phi) is 5.62. The van der Waals surface area contributed by atoms with Gasteiger partial charge < -0.3 is 15.3 Å². The number of nitrogens with one attached hydrogen (secondary N) is 1. The molecule has 1 aliphatic carbocycles. The number of aliphatic carboxylic acids is 1. The first-order valence-corrected chi connectivity index (χ1v) is 8.27. The van der Waals surface area contributed by atoms with Crippen LogP contribution in [-0.2, 0) is 9.59 Å². The fourth-order valence-corrected chi connectivity index (χ4v) is 3.68. The highest BCUT2D eigenvalue weighted by molar-refractivity contribution is 5.80. The molecule has 1 amide bonds. The maximum Gasteiger partial charge on any atom is 0.305 e. The van der Waals surface area contributed by atoms with E-state index in [1.165, 1.54) is 12.8 Å². The Morgan fingerprint density at radius 3 is 2.33 bits per heavy atom. The highest BCUT2D eigenvalue weighted by atomic mass is 16.4. The van der Waals surface area contributed by atoms with Crippen LogP contribution in [0.25, 0.3) is 0 Å². The molecule has 1 saturated heterocycles. The van der Waals surface area contributed by atoms with Crippen molar-refractivity contribution in [3.63, 3.8) is 0 Å². The van der Waals surface area contributed by atoms with E-state index in [9.17, 15) is 9.59 Å². The summed E-state index contributed by atoms with van der Waals surface area (Å²) in [5, 5.41) is 12.2. The summed E-state index contributed by atoms with van der Waals surface area (Å²) in [5.74, 6) is -0.870. The lowest BCUT2D eigenvalue weighted by Gasteiger charge is -2.38. The van der Waals surface area contributed by atoms with Crippen LogP contribution in [0.5, 0.6) is 0 Å². The zero-order valence-electron chi connectivity index (χ0n) is 13.1. The van der Waals surface area contributed by atoms with Gasteiger partial charge in [-0.1, -0.05) is 26.2 Å². The van der Waals surface area contributed by atoms with Gasteiger partial charge in [0, 0.05) is 12.5 Å². The van der Waals surface area contributed by atoms with Gasteiger partial charge in [-0.25, -0.2) is 0 Å². The molecule has 2 rings (SSSR count). The molecule has 5 heteroatoms. The molecule has 2 N–H and O–H groups in total. The normalized spacial score (nSPS) is 23.7. The quantitative estimate of drug-likeness (QED) is 0.786. The number of likely N-dealkylation sites (tertiary alicyclic amines) is 1. The van der Waals surface area contributed by atoms with Gasteiger partial charge in [0.25, 0.3) is 0 Å². The summed E-state index contributed by atoms with van der Waals surface area (Å²) in [5.41, 5.74) is -0.513. The van der Waals surface area contributed by atoms with E-state index in [-0.39, 0.29) is 18.2 Å². The standard InChI is InChI=1S/C16H28N2O3/c1-13(12-18-9-5-6-10-18)15(21)17-16(11-14(19)20)7-3-2-4-8-16/h13H,2-12H2,1H3,(H,17,21)(H,19,20)/t13-/m0/s1. The van der Waals surface area contributed by atoms with E-state index in [4.69, 9.17) is 5.11 Å². The van der Waals surface area contributed by atoms with Gasteiger partial charge in [-0.2, -0.15) is 0 Å². The third-order valence-electron chi connectivity index (χ3n) is 4.87.